The summed E-state index contributed by atoms with van der Waals surface area (Å²) >= 11 is 0. The van der Waals surface area contributed by atoms with Crippen molar-refractivity contribution in [1.82, 2.24) is 25.0 Å². The van der Waals surface area contributed by atoms with Gasteiger partial charge in [-0.05, 0) is 20.9 Å². The fraction of sp³-hybridized carbons (Fsp3) is 0.500. The first-order valence-electron chi connectivity index (χ1n) is 5.05. The Labute approximate surface area is 93.7 Å². The van der Waals surface area contributed by atoms with Crippen molar-refractivity contribution < 1.29 is 4.52 Å². The number of aromatic nitrogens is 4. The Bertz CT molecular complexity index is 485. The van der Waals surface area contributed by atoms with Crippen LogP contribution in [0.4, 0.5) is 0 Å². The average Bonchev–Trinajstić information content (AvgIpc) is 2.85. The SMILES string of the molecule is CNC(C)(C)c1nc(-c2nccn2C)no1. The van der Waals surface area contributed by atoms with E-state index in [0.29, 0.717) is 17.5 Å². The van der Waals surface area contributed by atoms with Crippen molar-refractivity contribution in [3.63, 3.8) is 0 Å². The summed E-state index contributed by atoms with van der Waals surface area (Å²) < 4.78 is 7.07. The Morgan fingerprint density at radius 1 is 1.44 bits per heavy atom. The van der Waals surface area contributed by atoms with Gasteiger partial charge < -0.3 is 14.4 Å². The molecule has 0 aliphatic heterocycles. The molecule has 0 saturated carbocycles. The second kappa shape index (κ2) is 3.71. The van der Waals surface area contributed by atoms with Crippen LogP contribution in [0.2, 0.25) is 0 Å². The maximum absolute atomic E-state index is 5.22. The van der Waals surface area contributed by atoms with Gasteiger partial charge in [0.1, 0.15) is 0 Å². The van der Waals surface area contributed by atoms with Gasteiger partial charge >= 0.3 is 0 Å². The molecule has 0 saturated heterocycles. The van der Waals surface area contributed by atoms with Gasteiger partial charge in [-0.1, -0.05) is 5.16 Å². The average molecular weight is 221 g/mol. The predicted molar refractivity (Wildman–Crippen MR) is 58.6 cm³/mol. The molecule has 0 fully saturated rings. The van der Waals surface area contributed by atoms with Gasteiger partial charge in [-0.15, -0.1) is 0 Å². The van der Waals surface area contributed by atoms with E-state index < -0.39 is 0 Å². The van der Waals surface area contributed by atoms with Crippen LogP contribution in [0.25, 0.3) is 11.6 Å². The minimum atomic E-state index is -0.337. The van der Waals surface area contributed by atoms with Crippen LogP contribution < -0.4 is 5.32 Å². The zero-order valence-corrected chi connectivity index (χ0v) is 9.85. The second-order valence-corrected chi connectivity index (χ2v) is 4.16. The molecule has 0 unspecified atom stereocenters. The Balaban J connectivity index is 2.37. The minimum Gasteiger partial charge on any atom is -0.337 e. The van der Waals surface area contributed by atoms with Crippen LogP contribution in [-0.4, -0.2) is 26.7 Å². The van der Waals surface area contributed by atoms with Crippen molar-refractivity contribution in [1.29, 1.82) is 0 Å². The quantitative estimate of drug-likeness (QED) is 0.834. The minimum absolute atomic E-state index is 0.337. The summed E-state index contributed by atoms with van der Waals surface area (Å²) in [5, 5.41) is 7.03. The van der Waals surface area contributed by atoms with Gasteiger partial charge in [-0.3, -0.25) is 0 Å². The van der Waals surface area contributed by atoms with E-state index in [-0.39, 0.29) is 5.54 Å². The summed E-state index contributed by atoms with van der Waals surface area (Å²) in [6.45, 7) is 3.95. The van der Waals surface area contributed by atoms with Crippen LogP contribution in [0.1, 0.15) is 19.7 Å². The van der Waals surface area contributed by atoms with Crippen LogP contribution >= 0.6 is 0 Å². The molecule has 2 aromatic rings. The summed E-state index contributed by atoms with van der Waals surface area (Å²) in [6.07, 6.45) is 3.54. The molecule has 0 bridgehead atoms. The highest BCUT2D eigenvalue weighted by molar-refractivity contribution is 5.42. The molecule has 0 atom stereocenters. The van der Waals surface area contributed by atoms with Gasteiger partial charge in [0.15, 0.2) is 5.82 Å². The smallest absolute Gasteiger partial charge is 0.246 e. The van der Waals surface area contributed by atoms with Crippen LogP contribution in [0.15, 0.2) is 16.9 Å². The molecule has 0 amide bonds. The summed E-state index contributed by atoms with van der Waals surface area (Å²) in [5.41, 5.74) is -0.337. The number of nitrogens with one attached hydrogen (secondary N) is 1. The highest BCUT2D eigenvalue weighted by Crippen LogP contribution is 2.20. The largest absolute Gasteiger partial charge is 0.337 e. The van der Waals surface area contributed by atoms with Crippen molar-refractivity contribution in [3.05, 3.63) is 18.3 Å². The molecule has 0 spiro atoms. The van der Waals surface area contributed by atoms with Crippen LogP contribution in [-0.2, 0) is 12.6 Å². The highest BCUT2D eigenvalue weighted by atomic mass is 16.5. The standard InChI is InChI=1S/C10H15N5O/c1-10(2,11-3)9-13-7(14-16-9)8-12-5-6-15(8)4/h5-6,11H,1-4H3. The normalized spacial score (nSPS) is 12.0. The summed E-state index contributed by atoms with van der Waals surface area (Å²) in [7, 11) is 3.74. The first-order chi connectivity index (χ1) is 7.54. The zero-order valence-electron chi connectivity index (χ0n) is 9.85. The van der Waals surface area contributed by atoms with Crippen molar-refractivity contribution in [2.45, 2.75) is 19.4 Å². The summed E-state index contributed by atoms with van der Waals surface area (Å²) in [6, 6.07) is 0. The van der Waals surface area contributed by atoms with E-state index in [2.05, 4.69) is 20.4 Å². The lowest BCUT2D eigenvalue weighted by Crippen LogP contribution is -2.33. The number of hydrogen-bond acceptors (Lipinski definition) is 5. The van der Waals surface area contributed by atoms with E-state index in [0.717, 1.165) is 0 Å². The number of imidazole rings is 1. The lowest BCUT2D eigenvalue weighted by Gasteiger charge is -2.17. The maximum Gasteiger partial charge on any atom is 0.246 e. The fourth-order valence-corrected chi connectivity index (χ4v) is 1.26. The van der Waals surface area contributed by atoms with E-state index in [9.17, 15) is 0 Å². The Morgan fingerprint density at radius 3 is 2.75 bits per heavy atom. The zero-order chi connectivity index (χ0) is 11.8. The molecule has 6 heteroatoms. The lowest BCUT2D eigenvalue weighted by molar-refractivity contribution is 0.281. The van der Waals surface area contributed by atoms with Gasteiger partial charge in [-0.25, -0.2) is 4.98 Å². The summed E-state index contributed by atoms with van der Waals surface area (Å²) in [5.74, 6) is 1.75. The van der Waals surface area contributed by atoms with E-state index >= 15 is 0 Å². The van der Waals surface area contributed by atoms with E-state index in [1.807, 2.05) is 38.7 Å². The van der Waals surface area contributed by atoms with Gasteiger partial charge in [0.2, 0.25) is 11.7 Å². The molecule has 2 aromatic heterocycles. The molecule has 2 rings (SSSR count). The fourth-order valence-electron chi connectivity index (χ4n) is 1.26. The summed E-state index contributed by atoms with van der Waals surface area (Å²) in [4.78, 5) is 8.50. The molecule has 16 heavy (non-hydrogen) atoms. The van der Waals surface area contributed by atoms with Crippen molar-refractivity contribution in [3.8, 4) is 11.6 Å². The van der Waals surface area contributed by atoms with Crippen molar-refractivity contribution >= 4 is 0 Å². The highest BCUT2D eigenvalue weighted by Gasteiger charge is 2.26. The molecule has 2 heterocycles. The van der Waals surface area contributed by atoms with Crippen LogP contribution in [0.5, 0.6) is 0 Å². The number of hydrogen-bond donors (Lipinski definition) is 1. The van der Waals surface area contributed by atoms with E-state index in [4.69, 9.17) is 4.52 Å². The predicted octanol–water partition coefficient (Wildman–Crippen LogP) is 0.925. The Hall–Kier alpha value is -1.69. The van der Waals surface area contributed by atoms with Crippen LogP contribution in [0, 0.1) is 0 Å². The third-order valence-corrected chi connectivity index (χ3v) is 2.61. The van der Waals surface area contributed by atoms with Gasteiger partial charge in [0.05, 0.1) is 5.54 Å². The van der Waals surface area contributed by atoms with Crippen molar-refractivity contribution in [2.75, 3.05) is 7.05 Å². The Kier molecular flexibility index (Phi) is 2.51. The third kappa shape index (κ3) is 1.71. The number of rotatable bonds is 3. The maximum atomic E-state index is 5.22. The number of nitrogens with zero attached hydrogens (tertiary/aromatic N) is 4. The molecule has 1 N–H and O–H groups in total. The molecule has 0 aliphatic rings. The first-order valence-corrected chi connectivity index (χ1v) is 5.05. The molecule has 86 valence electrons. The van der Waals surface area contributed by atoms with E-state index in [1.165, 1.54) is 0 Å². The molecule has 0 aliphatic carbocycles. The third-order valence-electron chi connectivity index (χ3n) is 2.61. The lowest BCUT2D eigenvalue weighted by atomic mass is 10.1. The topological polar surface area (TPSA) is 68.8 Å². The van der Waals surface area contributed by atoms with Crippen molar-refractivity contribution in [2.24, 2.45) is 7.05 Å². The van der Waals surface area contributed by atoms with Gasteiger partial charge in [0.25, 0.3) is 0 Å². The molecular formula is C10H15N5O. The Morgan fingerprint density at radius 2 is 2.19 bits per heavy atom. The van der Waals surface area contributed by atoms with Gasteiger partial charge in [0, 0.05) is 19.4 Å². The monoisotopic (exact) mass is 221 g/mol. The molecule has 0 radical (unpaired) electrons. The molecule has 0 aromatic carbocycles. The molecular weight excluding hydrogens is 206 g/mol. The second-order valence-electron chi connectivity index (χ2n) is 4.16. The number of aryl methyl sites for hydroxylation is 1. The van der Waals surface area contributed by atoms with E-state index in [1.54, 1.807) is 6.20 Å². The molecule has 6 nitrogen and oxygen atoms in total. The first kappa shape index (κ1) is 10.8. The van der Waals surface area contributed by atoms with Gasteiger partial charge in [-0.2, -0.15) is 4.98 Å². The van der Waals surface area contributed by atoms with Crippen LogP contribution in [0.3, 0.4) is 0 Å².